The molecule has 282 valence electrons. The molecule has 3 aromatic rings. The Balaban J connectivity index is 0.00000292. The van der Waals surface area contributed by atoms with Crippen molar-refractivity contribution in [3.05, 3.63) is 59.7 Å². The van der Waals surface area contributed by atoms with E-state index >= 15 is 0 Å². The van der Waals surface area contributed by atoms with Gasteiger partial charge in [0, 0.05) is 45.6 Å². The number of hydrogen-bond donors (Lipinski definition) is 2. The van der Waals surface area contributed by atoms with Crippen molar-refractivity contribution in [2.75, 3.05) is 50.8 Å². The SMILES string of the molecule is CC(=O)N(CCN1CCCC1)c1nc2ccc(CN(CC(C)C)CC(O)C(Cc3ccccc3)NC(=O)OC3COC4CCCC43)cc2s1.S.S. The first kappa shape index (κ1) is 41.4. The van der Waals surface area contributed by atoms with Crippen LogP contribution >= 0.6 is 38.3 Å². The van der Waals surface area contributed by atoms with Gasteiger partial charge in [-0.2, -0.15) is 27.0 Å². The first-order chi connectivity index (χ1) is 23.7. The Hall–Kier alpha value is -2.39. The summed E-state index contributed by atoms with van der Waals surface area (Å²) < 4.78 is 12.8. The Bertz CT molecular complexity index is 1540. The number of nitrogens with zero attached hydrogens (tertiary/aromatic N) is 4. The molecule has 5 atom stereocenters. The summed E-state index contributed by atoms with van der Waals surface area (Å²) in [7, 11) is 0. The number of aliphatic hydroxyl groups excluding tert-OH is 1. The monoisotopic (exact) mass is 759 g/mol. The van der Waals surface area contributed by atoms with Gasteiger partial charge in [-0.1, -0.05) is 68.0 Å². The number of thiazole rings is 1. The quantitative estimate of drug-likeness (QED) is 0.204. The van der Waals surface area contributed by atoms with Crippen LogP contribution < -0.4 is 10.2 Å². The van der Waals surface area contributed by atoms with Crippen LogP contribution in [-0.2, 0) is 27.2 Å². The van der Waals surface area contributed by atoms with Gasteiger partial charge in [-0.05, 0) is 74.4 Å². The lowest BCUT2D eigenvalue weighted by molar-refractivity contribution is -0.116. The van der Waals surface area contributed by atoms with Crippen molar-refractivity contribution < 1.29 is 24.2 Å². The lowest BCUT2D eigenvalue weighted by atomic mass is 10.00. The van der Waals surface area contributed by atoms with E-state index in [1.807, 2.05) is 36.4 Å². The van der Waals surface area contributed by atoms with Gasteiger partial charge in [0.05, 0.1) is 35.1 Å². The summed E-state index contributed by atoms with van der Waals surface area (Å²) in [6.07, 6.45) is 4.71. The number of fused-ring (bicyclic) bond motifs is 2. The van der Waals surface area contributed by atoms with E-state index in [2.05, 4.69) is 41.1 Å². The summed E-state index contributed by atoms with van der Waals surface area (Å²) in [6.45, 7) is 11.9. The Kier molecular flexibility index (Phi) is 15.9. The number of anilines is 1. The van der Waals surface area contributed by atoms with Gasteiger partial charge in [0.2, 0.25) is 5.91 Å². The van der Waals surface area contributed by atoms with Crippen LogP contribution in [0.3, 0.4) is 0 Å². The van der Waals surface area contributed by atoms with Crippen LogP contribution in [0.1, 0.15) is 64.0 Å². The average Bonchev–Trinajstić information content (AvgIpc) is 3.88. The molecule has 13 heteroatoms. The third-order valence-corrected chi connectivity index (χ3v) is 11.2. The van der Waals surface area contributed by atoms with Crippen LogP contribution in [0.2, 0.25) is 0 Å². The molecule has 0 radical (unpaired) electrons. The highest BCUT2D eigenvalue weighted by Crippen LogP contribution is 2.37. The number of carbonyl (C=O) groups is 2. The van der Waals surface area contributed by atoms with Crippen molar-refractivity contribution in [2.45, 2.75) is 90.2 Å². The molecule has 3 aliphatic rings. The zero-order chi connectivity index (χ0) is 34.3. The highest BCUT2D eigenvalue weighted by molar-refractivity contribution is 7.59. The number of hydrogen-bond acceptors (Lipinski definition) is 9. The van der Waals surface area contributed by atoms with Crippen LogP contribution in [0.5, 0.6) is 0 Å². The molecule has 6 rings (SSSR count). The molecule has 1 saturated carbocycles. The van der Waals surface area contributed by atoms with E-state index in [1.165, 1.54) is 12.8 Å². The number of aromatic nitrogens is 1. The number of rotatable bonds is 15. The van der Waals surface area contributed by atoms with E-state index < -0.39 is 18.2 Å². The molecule has 51 heavy (non-hydrogen) atoms. The smallest absolute Gasteiger partial charge is 0.407 e. The summed E-state index contributed by atoms with van der Waals surface area (Å²) in [5.41, 5.74) is 3.03. The van der Waals surface area contributed by atoms with Crippen molar-refractivity contribution in [3.63, 3.8) is 0 Å². The lowest BCUT2D eigenvalue weighted by Crippen LogP contribution is -2.50. The van der Waals surface area contributed by atoms with Gasteiger partial charge in [0.1, 0.15) is 6.10 Å². The predicted octanol–water partition coefficient (Wildman–Crippen LogP) is 5.69. The maximum absolute atomic E-state index is 13.2. The normalized spacial score (nSPS) is 21.3. The van der Waals surface area contributed by atoms with E-state index in [0.29, 0.717) is 38.6 Å². The Labute approximate surface area is 321 Å². The highest BCUT2D eigenvalue weighted by Gasteiger charge is 2.43. The van der Waals surface area contributed by atoms with E-state index in [-0.39, 0.29) is 51.0 Å². The minimum absolute atomic E-state index is 0. The molecule has 1 aliphatic carbocycles. The molecular formula is C38H57N5O5S3. The summed E-state index contributed by atoms with van der Waals surface area (Å²) in [6, 6.07) is 15.7. The van der Waals surface area contributed by atoms with Crippen LogP contribution in [0.4, 0.5) is 9.93 Å². The average molecular weight is 760 g/mol. The number of ether oxygens (including phenoxy) is 2. The molecular weight excluding hydrogens is 703 g/mol. The van der Waals surface area contributed by atoms with Crippen LogP contribution in [0.15, 0.2) is 48.5 Å². The molecule has 3 fully saturated rings. The zero-order valence-electron chi connectivity index (χ0n) is 30.3. The largest absolute Gasteiger partial charge is 0.443 e. The molecule has 0 spiro atoms. The van der Waals surface area contributed by atoms with E-state index in [0.717, 1.165) is 71.9 Å². The van der Waals surface area contributed by atoms with Gasteiger partial charge in [0.15, 0.2) is 5.13 Å². The second-order valence-corrected chi connectivity index (χ2v) is 15.5. The van der Waals surface area contributed by atoms with Gasteiger partial charge in [0.25, 0.3) is 0 Å². The van der Waals surface area contributed by atoms with Crippen LogP contribution in [-0.4, -0.2) is 102 Å². The van der Waals surface area contributed by atoms with Gasteiger partial charge < -0.3 is 24.8 Å². The number of nitrogens with one attached hydrogen (secondary N) is 1. The molecule has 2 N–H and O–H groups in total. The molecule has 2 aromatic carbocycles. The maximum atomic E-state index is 13.2. The summed E-state index contributed by atoms with van der Waals surface area (Å²) in [5.74, 6) is 0.646. The predicted molar refractivity (Wildman–Crippen MR) is 215 cm³/mol. The summed E-state index contributed by atoms with van der Waals surface area (Å²) in [5, 5.41) is 15.5. The summed E-state index contributed by atoms with van der Waals surface area (Å²) in [4.78, 5) is 37.2. The first-order valence-corrected chi connectivity index (χ1v) is 19.0. The fourth-order valence-electron chi connectivity index (χ4n) is 7.70. The van der Waals surface area contributed by atoms with E-state index in [4.69, 9.17) is 14.5 Å². The van der Waals surface area contributed by atoms with Gasteiger partial charge in [-0.25, -0.2) is 9.78 Å². The minimum atomic E-state index is -0.830. The van der Waals surface area contributed by atoms with E-state index in [1.54, 1.807) is 23.2 Å². The van der Waals surface area contributed by atoms with Gasteiger partial charge in [-0.3, -0.25) is 14.6 Å². The third kappa shape index (κ3) is 11.3. The molecule has 2 saturated heterocycles. The Morgan fingerprint density at radius 2 is 1.82 bits per heavy atom. The van der Waals surface area contributed by atoms with Gasteiger partial charge >= 0.3 is 6.09 Å². The molecule has 10 nitrogen and oxygen atoms in total. The molecule has 3 heterocycles. The Morgan fingerprint density at radius 3 is 2.55 bits per heavy atom. The fraction of sp³-hybridized carbons (Fsp3) is 0.605. The highest BCUT2D eigenvalue weighted by atomic mass is 32.1. The molecule has 0 bridgehead atoms. The number of amides is 2. The lowest BCUT2D eigenvalue weighted by Gasteiger charge is -2.31. The van der Waals surface area contributed by atoms with E-state index in [9.17, 15) is 14.7 Å². The number of aliphatic hydroxyl groups is 1. The fourth-order valence-corrected chi connectivity index (χ4v) is 8.80. The van der Waals surface area contributed by atoms with Gasteiger partial charge in [-0.15, -0.1) is 0 Å². The minimum Gasteiger partial charge on any atom is -0.443 e. The number of benzene rings is 2. The topological polar surface area (TPSA) is 107 Å². The zero-order valence-corrected chi connectivity index (χ0v) is 33.1. The van der Waals surface area contributed by atoms with Crippen molar-refractivity contribution in [3.8, 4) is 0 Å². The molecule has 2 amide bonds. The molecule has 1 aromatic heterocycles. The third-order valence-electron chi connectivity index (χ3n) is 10.1. The van der Waals surface area contributed by atoms with Crippen molar-refractivity contribution in [1.82, 2.24) is 20.1 Å². The Morgan fingerprint density at radius 1 is 1.06 bits per heavy atom. The number of alkyl carbamates (subject to hydrolysis) is 1. The summed E-state index contributed by atoms with van der Waals surface area (Å²) >= 11 is 1.55. The molecule has 5 unspecified atom stereocenters. The van der Waals surface area contributed by atoms with Crippen LogP contribution in [0.25, 0.3) is 10.2 Å². The van der Waals surface area contributed by atoms with Crippen LogP contribution in [0, 0.1) is 11.8 Å². The first-order valence-electron chi connectivity index (χ1n) is 18.1. The molecule has 2 aliphatic heterocycles. The number of carbonyl (C=O) groups excluding carboxylic acids is 2. The van der Waals surface area contributed by atoms with Crippen molar-refractivity contribution >= 4 is 65.7 Å². The maximum Gasteiger partial charge on any atom is 0.407 e. The standard InChI is InChI=1S/C38H53N5O5S.2H2S/c1-26(2)22-42(23-29-14-15-31-36(21-29)49-37(39-31)43(27(3)44)19-18-41-16-7-8-17-41)24-33(45)32(20-28-10-5-4-6-11-28)40-38(46)48-35-25-47-34-13-9-12-30(34)35;;/h4-6,10-11,14-15,21,26,30,32-35,45H,7-9,12-13,16-20,22-25H2,1-3H3,(H,40,46);2*1H2. The van der Waals surface area contributed by atoms with Crippen molar-refractivity contribution in [2.24, 2.45) is 11.8 Å². The van der Waals surface area contributed by atoms with Crippen molar-refractivity contribution in [1.29, 1.82) is 0 Å². The second kappa shape index (κ2) is 19.6. The number of likely N-dealkylation sites (tertiary alicyclic amines) is 1. The second-order valence-electron chi connectivity index (χ2n) is 14.5.